The van der Waals surface area contributed by atoms with Gasteiger partial charge < -0.3 is 4.90 Å². The summed E-state index contributed by atoms with van der Waals surface area (Å²) < 4.78 is 14.7. The molecule has 1 aliphatic carbocycles. The lowest BCUT2D eigenvalue weighted by Gasteiger charge is -2.18. The molecule has 10 heteroatoms. The van der Waals surface area contributed by atoms with Crippen LogP contribution in [0.25, 0.3) is 10.8 Å². The van der Waals surface area contributed by atoms with Crippen LogP contribution in [0.4, 0.5) is 4.39 Å². The molecular weight excluding hydrogens is 467 g/mol. The SMILES string of the molecule is O=C(C1CC1)N1C=C2C(=O)N(C(=O)c3cc(Cc4n[nH]c(=O)c5ccccc45)ccc3F)C(=O)C2C1. The zero-order chi connectivity index (χ0) is 25.1. The summed E-state index contributed by atoms with van der Waals surface area (Å²) in [5, 5.41) is 7.60. The van der Waals surface area contributed by atoms with Crippen molar-refractivity contribution in [2.45, 2.75) is 19.3 Å². The van der Waals surface area contributed by atoms with Crippen LogP contribution >= 0.6 is 0 Å². The molecule has 3 aromatic rings. The minimum Gasteiger partial charge on any atom is -0.317 e. The number of fused-ring (bicyclic) bond motifs is 2. The minimum atomic E-state index is -1.06. The van der Waals surface area contributed by atoms with E-state index < -0.39 is 35.0 Å². The van der Waals surface area contributed by atoms with Gasteiger partial charge in [-0.1, -0.05) is 24.3 Å². The van der Waals surface area contributed by atoms with Crippen LogP contribution in [-0.4, -0.2) is 50.2 Å². The van der Waals surface area contributed by atoms with E-state index >= 15 is 0 Å². The first-order valence-corrected chi connectivity index (χ1v) is 11.5. The molecule has 3 aliphatic rings. The molecule has 1 unspecified atom stereocenters. The number of carbonyl (C=O) groups is 4. The van der Waals surface area contributed by atoms with Crippen molar-refractivity contribution in [1.82, 2.24) is 20.0 Å². The fourth-order valence-electron chi connectivity index (χ4n) is 4.78. The lowest BCUT2D eigenvalue weighted by Crippen LogP contribution is -2.40. The topological polar surface area (TPSA) is 121 Å². The summed E-state index contributed by atoms with van der Waals surface area (Å²) in [6.45, 7) is 0.00644. The van der Waals surface area contributed by atoms with Crippen molar-refractivity contribution in [2.75, 3.05) is 6.54 Å². The number of amides is 4. The van der Waals surface area contributed by atoms with Gasteiger partial charge in [-0.05, 0) is 36.6 Å². The van der Waals surface area contributed by atoms with Gasteiger partial charge in [-0.3, -0.25) is 24.0 Å². The highest BCUT2D eigenvalue weighted by Gasteiger charge is 2.52. The van der Waals surface area contributed by atoms with Crippen LogP contribution in [0, 0.1) is 17.7 Å². The van der Waals surface area contributed by atoms with Crippen LogP contribution in [0.2, 0.25) is 0 Å². The first-order chi connectivity index (χ1) is 17.3. The van der Waals surface area contributed by atoms with Gasteiger partial charge in [-0.15, -0.1) is 0 Å². The lowest BCUT2D eigenvalue weighted by atomic mass is 10.0. The highest BCUT2D eigenvalue weighted by Crippen LogP contribution is 2.37. The van der Waals surface area contributed by atoms with Gasteiger partial charge in [0.2, 0.25) is 11.8 Å². The Morgan fingerprint density at radius 1 is 1.06 bits per heavy atom. The molecule has 1 N–H and O–H groups in total. The molecular formula is C26H19FN4O5. The Kier molecular flexibility index (Phi) is 4.92. The number of hydrogen-bond acceptors (Lipinski definition) is 6. The molecule has 9 nitrogen and oxygen atoms in total. The molecule has 0 radical (unpaired) electrons. The first kappa shape index (κ1) is 22.0. The molecule has 1 saturated carbocycles. The van der Waals surface area contributed by atoms with Gasteiger partial charge in [0.25, 0.3) is 17.4 Å². The van der Waals surface area contributed by atoms with Gasteiger partial charge in [-0.25, -0.2) is 14.4 Å². The standard InChI is InChI=1S/C26H19FN4O5/c27-20-8-5-13(10-21-15-3-1-2-4-16(15)22(32)29-28-21)9-17(20)24(34)31-25(35)18-11-30(12-19(18)26(31)36)23(33)14-6-7-14/h1-5,8-9,11,14,19H,6-7,10,12H2,(H,29,32). The smallest absolute Gasteiger partial charge is 0.272 e. The van der Waals surface area contributed by atoms with Gasteiger partial charge in [0.15, 0.2) is 0 Å². The van der Waals surface area contributed by atoms with Crippen molar-refractivity contribution in [3.8, 4) is 0 Å². The largest absolute Gasteiger partial charge is 0.317 e. The maximum atomic E-state index is 14.7. The third-order valence-electron chi connectivity index (χ3n) is 6.84. The van der Waals surface area contributed by atoms with Crippen LogP contribution < -0.4 is 5.56 Å². The molecule has 2 aromatic carbocycles. The summed E-state index contributed by atoms with van der Waals surface area (Å²) >= 11 is 0. The van der Waals surface area contributed by atoms with Gasteiger partial charge in [0.1, 0.15) is 5.82 Å². The Bertz CT molecular complexity index is 1590. The van der Waals surface area contributed by atoms with Crippen LogP contribution in [0.3, 0.4) is 0 Å². The molecule has 36 heavy (non-hydrogen) atoms. The Balaban J connectivity index is 1.29. The number of imide groups is 3. The quantitative estimate of drug-likeness (QED) is 0.563. The van der Waals surface area contributed by atoms with Crippen molar-refractivity contribution in [1.29, 1.82) is 0 Å². The number of nitrogens with zero attached hydrogens (tertiary/aromatic N) is 3. The summed E-state index contributed by atoms with van der Waals surface area (Å²) in [5.74, 6) is -4.65. The van der Waals surface area contributed by atoms with Gasteiger partial charge in [0.05, 0.1) is 22.6 Å². The van der Waals surface area contributed by atoms with Crippen molar-refractivity contribution < 1.29 is 23.6 Å². The van der Waals surface area contributed by atoms with E-state index in [-0.39, 0.29) is 35.9 Å². The van der Waals surface area contributed by atoms with Crippen LogP contribution in [0.15, 0.2) is 59.0 Å². The molecule has 0 bridgehead atoms. The molecule has 6 rings (SSSR count). The fraction of sp³-hybridized carbons (Fsp3) is 0.231. The minimum absolute atomic E-state index is 0.00644. The maximum Gasteiger partial charge on any atom is 0.272 e. The Hall–Kier alpha value is -4.47. The summed E-state index contributed by atoms with van der Waals surface area (Å²) in [6, 6.07) is 10.7. The number of nitrogens with one attached hydrogen (secondary N) is 1. The van der Waals surface area contributed by atoms with E-state index in [1.807, 2.05) is 0 Å². The number of likely N-dealkylation sites (tertiary alicyclic amines) is 1. The zero-order valence-corrected chi connectivity index (χ0v) is 18.9. The summed E-state index contributed by atoms with van der Waals surface area (Å²) in [4.78, 5) is 65.3. The summed E-state index contributed by atoms with van der Waals surface area (Å²) in [6.07, 6.45) is 3.09. The highest BCUT2D eigenvalue weighted by atomic mass is 19.1. The van der Waals surface area contributed by atoms with E-state index in [0.29, 0.717) is 26.9 Å². The van der Waals surface area contributed by atoms with Gasteiger partial charge >= 0.3 is 0 Å². The number of benzene rings is 2. The van der Waals surface area contributed by atoms with Crippen LogP contribution in [0.5, 0.6) is 0 Å². The van der Waals surface area contributed by atoms with E-state index in [0.717, 1.165) is 18.9 Å². The second-order valence-electron chi connectivity index (χ2n) is 9.22. The Morgan fingerprint density at radius 3 is 2.53 bits per heavy atom. The monoisotopic (exact) mass is 486 g/mol. The average molecular weight is 486 g/mol. The molecule has 180 valence electrons. The van der Waals surface area contributed by atoms with Crippen molar-refractivity contribution >= 4 is 34.4 Å². The molecule has 1 atom stereocenters. The molecule has 1 aromatic heterocycles. The summed E-state index contributed by atoms with van der Waals surface area (Å²) in [5.41, 5.74) is 0.331. The maximum absolute atomic E-state index is 14.7. The number of aromatic nitrogens is 2. The van der Waals surface area contributed by atoms with E-state index in [4.69, 9.17) is 0 Å². The molecule has 3 heterocycles. The molecule has 0 spiro atoms. The fourth-order valence-corrected chi connectivity index (χ4v) is 4.78. The Labute approximate surface area is 203 Å². The van der Waals surface area contributed by atoms with E-state index in [1.165, 1.54) is 23.2 Å². The molecule has 1 saturated heterocycles. The second kappa shape index (κ2) is 8.04. The van der Waals surface area contributed by atoms with Crippen LogP contribution in [-0.2, 0) is 20.8 Å². The highest BCUT2D eigenvalue weighted by molar-refractivity contribution is 6.27. The lowest BCUT2D eigenvalue weighted by molar-refractivity contribution is -0.136. The predicted molar refractivity (Wildman–Crippen MR) is 124 cm³/mol. The predicted octanol–water partition coefficient (Wildman–Crippen LogP) is 1.91. The third-order valence-corrected chi connectivity index (χ3v) is 6.84. The van der Waals surface area contributed by atoms with Gasteiger partial charge in [0, 0.05) is 36.0 Å². The van der Waals surface area contributed by atoms with E-state index in [2.05, 4.69) is 10.2 Å². The molecule has 2 aliphatic heterocycles. The number of rotatable bonds is 4. The first-order valence-electron chi connectivity index (χ1n) is 11.5. The second-order valence-corrected chi connectivity index (χ2v) is 9.22. The Morgan fingerprint density at radius 2 is 1.81 bits per heavy atom. The van der Waals surface area contributed by atoms with E-state index in [1.54, 1.807) is 24.3 Å². The molecule has 4 amide bonds. The number of halogens is 1. The van der Waals surface area contributed by atoms with Crippen molar-refractivity contribution in [3.05, 3.63) is 87.2 Å². The normalized spacial score (nSPS) is 19.1. The van der Waals surface area contributed by atoms with Crippen molar-refractivity contribution in [3.63, 3.8) is 0 Å². The summed E-state index contributed by atoms with van der Waals surface area (Å²) in [7, 11) is 0. The average Bonchev–Trinajstić information content (AvgIpc) is 3.59. The number of hydrogen-bond donors (Lipinski definition) is 1. The molecule has 2 fully saturated rings. The number of carbonyl (C=O) groups excluding carboxylic acids is 4. The third kappa shape index (κ3) is 3.44. The van der Waals surface area contributed by atoms with E-state index in [9.17, 15) is 28.4 Å². The number of aromatic amines is 1. The van der Waals surface area contributed by atoms with Gasteiger partial charge in [-0.2, -0.15) is 5.10 Å². The van der Waals surface area contributed by atoms with Crippen LogP contribution in [0.1, 0.15) is 34.5 Å². The number of H-pyrrole nitrogens is 1. The zero-order valence-electron chi connectivity index (χ0n) is 18.9. The van der Waals surface area contributed by atoms with Crippen molar-refractivity contribution in [2.24, 2.45) is 11.8 Å².